The lowest BCUT2D eigenvalue weighted by Crippen LogP contribution is -2.40. The van der Waals surface area contributed by atoms with Crippen molar-refractivity contribution in [3.63, 3.8) is 0 Å². The summed E-state index contributed by atoms with van der Waals surface area (Å²) >= 11 is 0. The van der Waals surface area contributed by atoms with Gasteiger partial charge in [-0.2, -0.15) is 4.98 Å². The van der Waals surface area contributed by atoms with Gasteiger partial charge in [-0.25, -0.2) is 0 Å². The van der Waals surface area contributed by atoms with Crippen LogP contribution in [0.1, 0.15) is 29.9 Å². The van der Waals surface area contributed by atoms with E-state index in [1.807, 2.05) is 4.90 Å². The molecule has 2 aliphatic heterocycles. The van der Waals surface area contributed by atoms with Crippen molar-refractivity contribution in [1.82, 2.24) is 20.4 Å². The van der Waals surface area contributed by atoms with Gasteiger partial charge in [-0.1, -0.05) is 12.1 Å². The van der Waals surface area contributed by atoms with E-state index in [1.165, 1.54) is 0 Å². The molecule has 1 amide bonds. The molecule has 3 heterocycles. The second-order valence-electron chi connectivity index (χ2n) is 5.15. The molecule has 6 nitrogen and oxygen atoms in total. The summed E-state index contributed by atoms with van der Waals surface area (Å²) in [4.78, 5) is 18.3. The molecule has 0 radical (unpaired) electrons. The normalized spacial score (nSPS) is 30.8. The summed E-state index contributed by atoms with van der Waals surface area (Å²) in [6, 6.07) is 0.302. The first-order chi connectivity index (χ1) is 8.70. The lowest BCUT2D eigenvalue weighted by Gasteiger charge is -2.25. The number of carbonyl (C=O) groups excluding carboxylic acids is 1. The Morgan fingerprint density at radius 1 is 1.56 bits per heavy atom. The van der Waals surface area contributed by atoms with Gasteiger partial charge in [0.15, 0.2) is 0 Å². The highest BCUT2D eigenvalue weighted by atomic mass is 16.5. The van der Waals surface area contributed by atoms with E-state index < -0.39 is 0 Å². The molecule has 2 fully saturated rings. The fourth-order valence-corrected chi connectivity index (χ4v) is 3.29. The molecule has 0 saturated carbocycles. The molecule has 3 unspecified atom stereocenters. The molecule has 6 heteroatoms. The summed E-state index contributed by atoms with van der Waals surface area (Å²) in [5.74, 6) is 1.69. The Kier molecular flexibility index (Phi) is 2.81. The number of amides is 1. The third kappa shape index (κ3) is 1.71. The molecule has 0 bridgehead atoms. The van der Waals surface area contributed by atoms with Crippen LogP contribution in [0.25, 0.3) is 0 Å². The van der Waals surface area contributed by atoms with Gasteiger partial charge in [0.25, 0.3) is 11.7 Å². The maximum atomic E-state index is 12.4. The van der Waals surface area contributed by atoms with E-state index in [1.54, 1.807) is 6.92 Å². The molecule has 98 valence electrons. The highest BCUT2D eigenvalue weighted by Crippen LogP contribution is 2.34. The second kappa shape index (κ2) is 4.35. The summed E-state index contributed by atoms with van der Waals surface area (Å²) in [5, 5.41) is 7.13. The Morgan fingerprint density at radius 3 is 3.06 bits per heavy atom. The average molecular weight is 250 g/mol. The zero-order chi connectivity index (χ0) is 12.7. The number of fused-ring (bicyclic) bond motifs is 1. The van der Waals surface area contributed by atoms with E-state index in [0.717, 1.165) is 26.1 Å². The second-order valence-corrected chi connectivity index (χ2v) is 5.15. The minimum Gasteiger partial charge on any atom is -0.339 e. The van der Waals surface area contributed by atoms with Crippen molar-refractivity contribution < 1.29 is 9.32 Å². The van der Waals surface area contributed by atoms with E-state index in [9.17, 15) is 4.79 Å². The predicted molar refractivity (Wildman–Crippen MR) is 64.0 cm³/mol. The van der Waals surface area contributed by atoms with Gasteiger partial charge in [-0.15, -0.1) is 0 Å². The number of nitrogens with zero attached hydrogens (tertiary/aromatic N) is 3. The Morgan fingerprint density at radius 2 is 2.39 bits per heavy atom. The Balaban J connectivity index is 1.81. The van der Waals surface area contributed by atoms with Crippen LogP contribution in [0, 0.1) is 18.8 Å². The maximum Gasteiger partial charge on any atom is 0.295 e. The fraction of sp³-hybridized carbons (Fsp3) is 0.750. The van der Waals surface area contributed by atoms with E-state index in [2.05, 4.69) is 22.4 Å². The van der Waals surface area contributed by atoms with Gasteiger partial charge >= 0.3 is 0 Å². The van der Waals surface area contributed by atoms with E-state index in [-0.39, 0.29) is 11.7 Å². The summed E-state index contributed by atoms with van der Waals surface area (Å²) in [6.45, 7) is 6.66. The maximum absolute atomic E-state index is 12.4. The van der Waals surface area contributed by atoms with Crippen molar-refractivity contribution in [2.45, 2.75) is 26.3 Å². The topological polar surface area (TPSA) is 71.3 Å². The van der Waals surface area contributed by atoms with Crippen molar-refractivity contribution in [1.29, 1.82) is 0 Å². The Bertz CT molecular complexity index is 459. The van der Waals surface area contributed by atoms with Crippen LogP contribution in [0.5, 0.6) is 0 Å². The highest BCUT2D eigenvalue weighted by molar-refractivity contribution is 5.90. The molecule has 18 heavy (non-hydrogen) atoms. The monoisotopic (exact) mass is 250 g/mol. The number of carbonyl (C=O) groups is 1. The van der Waals surface area contributed by atoms with Crippen molar-refractivity contribution in [3.8, 4) is 0 Å². The van der Waals surface area contributed by atoms with Crippen LogP contribution in [-0.4, -0.2) is 46.6 Å². The molecule has 1 aromatic heterocycles. The number of hydrogen-bond acceptors (Lipinski definition) is 5. The van der Waals surface area contributed by atoms with Gasteiger partial charge in [0.05, 0.1) is 0 Å². The molecule has 1 aromatic rings. The minimum absolute atomic E-state index is 0.0897. The van der Waals surface area contributed by atoms with E-state index in [0.29, 0.717) is 23.8 Å². The number of rotatable bonds is 2. The van der Waals surface area contributed by atoms with Gasteiger partial charge in [0, 0.05) is 32.6 Å². The van der Waals surface area contributed by atoms with Gasteiger partial charge in [-0.3, -0.25) is 4.79 Å². The number of aryl methyl sites for hydroxylation is 1. The SMILES string of the molecule is CCC1C2CNCC2CN1C(=O)c1noc(C)n1. The minimum atomic E-state index is -0.0897. The lowest BCUT2D eigenvalue weighted by atomic mass is 9.93. The van der Waals surface area contributed by atoms with Gasteiger partial charge < -0.3 is 14.7 Å². The quantitative estimate of drug-likeness (QED) is 0.825. The molecule has 3 atom stereocenters. The zero-order valence-electron chi connectivity index (χ0n) is 10.7. The average Bonchev–Trinajstić information content (AvgIpc) is 3.01. The van der Waals surface area contributed by atoms with Crippen LogP contribution >= 0.6 is 0 Å². The van der Waals surface area contributed by atoms with Crippen LogP contribution in [-0.2, 0) is 0 Å². The third-order valence-corrected chi connectivity index (χ3v) is 4.12. The van der Waals surface area contributed by atoms with Gasteiger partial charge in [-0.05, 0) is 18.3 Å². The van der Waals surface area contributed by atoms with Gasteiger partial charge in [0.2, 0.25) is 5.89 Å². The summed E-state index contributed by atoms with van der Waals surface area (Å²) < 4.78 is 4.89. The van der Waals surface area contributed by atoms with Crippen LogP contribution < -0.4 is 5.32 Å². The molecule has 0 aromatic carbocycles. The zero-order valence-corrected chi connectivity index (χ0v) is 10.7. The largest absolute Gasteiger partial charge is 0.339 e. The van der Waals surface area contributed by atoms with Crippen LogP contribution in [0.3, 0.4) is 0 Å². The first-order valence-electron chi connectivity index (χ1n) is 6.52. The number of likely N-dealkylation sites (tertiary alicyclic amines) is 1. The van der Waals surface area contributed by atoms with E-state index >= 15 is 0 Å². The van der Waals surface area contributed by atoms with E-state index in [4.69, 9.17) is 4.52 Å². The van der Waals surface area contributed by atoms with Gasteiger partial charge in [0.1, 0.15) is 0 Å². The summed E-state index contributed by atoms with van der Waals surface area (Å²) in [6.07, 6.45) is 0.978. The first kappa shape index (κ1) is 11.6. The first-order valence-corrected chi connectivity index (χ1v) is 6.52. The summed E-state index contributed by atoms with van der Waals surface area (Å²) in [5.41, 5.74) is 0. The molecular weight excluding hydrogens is 232 g/mol. The molecule has 0 aliphatic carbocycles. The summed E-state index contributed by atoms with van der Waals surface area (Å²) in [7, 11) is 0. The van der Waals surface area contributed by atoms with Crippen LogP contribution in [0.15, 0.2) is 4.52 Å². The standard InChI is InChI=1S/C12H18N4O2/c1-3-10-9-5-13-4-8(9)6-16(10)12(17)11-14-7(2)18-15-11/h8-10,13H,3-6H2,1-2H3. The molecule has 3 rings (SSSR count). The van der Waals surface area contributed by atoms with Crippen LogP contribution in [0.4, 0.5) is 0 Å². The van der Waals surface area contributed by atoms with Crippen molar-refractivity contribution in [2.24, 2.45) is 11.8 Å². The molecular formula is C12H18N4O2. The van der Waals surface area contributed by atoms with Crippen molar-refractivity contribution in [3.05, 3.63) is 11.7 Å². The van der Waals surface area contributed by atoms with Crippen molar-refractivity contribution >= 4 is 5.91 Å². The third-order valence-electron chi connectivity index (χ3n) is 4.12. The Labute approximate surface area is 106 Å². The number of aromatic nitrogens is 2. The smallest absolute Gasteiger partial charge is 0.295 e. The van der Waals surface area contributed by atoms with Crippen LogP contribution in [0.2, 0.25) is 0 Å². The van der Waals surface area contributed by atoms with Crippen molar-refractivity contribution in [2.75, 3.05) is 19.6 Å². The lowest BCUT2D eigenvalue weighted by molar-refractivity contribution is 0.0696. The fourth-order valence-electron chi connectivity index (χ4n) is 3.29. The predicted octanol–water partition coefficient (Wildman–Crippen LogP) is 0.448. The number of hydrogen-bond donors (Lipinski definition) is 1. The molecule has 1 N–H and O–H groups in total. The molecule has 2 saturated heterocycles. The molecule has 0 spiro atoms. The molecule has 2 aliphatic rings. The highest BCUT2D eigenvalue weighted by Gasteiger charge is 2.45. The number of nitrogens with one attached hydrogen (secondary N) is 1. The Hall–Kier alpha value is -1.43.